The molecule has 0 radical (unpaired) electrons. The Balaban J connectivity index is 3.81. The summed E-state index contributed by atoms with van der Waals surface area (Å²) in [6.07, 6.45) is 2.74. The predicted octanol–water partition coefficient (Wildman–Crippen LogP) is 0.532. The molecule has 0 saturated heterocycles. The number of carbonyl (C=O) groups is 2. The number of rotatable bonds is 11. The van der Waals surface area contributed by atoms with Crippen LogP contribution in [0, 0.1) is 0 Å². The van der Waals surface area contributed by atoms with Gasteiger partial charge >= 0.3 is 11.9 Å². The summed E-state index contributed by atoms with van der Waals surface area (Å²) in [7, 11) is 0. The summed E-state index contributed by atoms with van der Waals surface area (Å²) in [5.41, 5.74) is 0.440. The average Bonchev–Trinajstić information content (AvgIpc) is 2.46. The maximum Gasteiger partial charge on any atom is 0.333 e. The lowest BCUT2D eigenvalue weighted by Crippen LogP contribution is -2.14. The SMILES string of the molecule is CC(=CC=C(C)C(=O)OCCOCCOCCO)C(=O)O. The van der Waals surface area contributed by atoms with Crippen LogP contribution >= 0.6 is 0 Å². The average molecular weight is 302 g/mol. The molecule has 0 fully saturated rings. The third-order valence-electron chi connectivity index (χ3n) is 2.31. The number of hydrogen-bond donors (Lipinski definition) is 2. The molecule has 0 bridgehead atoms. The Morgan fingerprint density at radius 2 is 1.43 bits per heavy atom. The van der Waals surface area contributed by atoms with E-state index < -0.39 is 11.9 Å². The lowest BCUT2D eigenvalue weighted by Gasteiger charge is -2.06. The van der Waals surface area contributed by atoms with Crippen molar-refractivity contribution in [2.24, 2.45) is 0 Å². The Labute approximate surface area is 123 Å². The molecule has 7 heteroatoms. The van der Waals surface area contributed by atoms with Crippen LogP contribution in [0.25, 0.3) is 0 Å². The zero-order valence-electron chi connectivity index (χ0n) is 12.3. The number of carbonyl (C=O) groups excluding carboxylic acids is 1. The fraction of sp³-hybridized carbons (Fsp3) is 0.571. The Bertz CT molecular complexity index is 385. The largest absolute Gasteiger partial charge is 0.478 e. The van der Waals surface area contributed by atoms with E-state index in [2.05, 4.69) is 0 Å². The van der Waals surface area contributed by atoms with Crippen LogP contribution in [0.2, 0.25) is 0 Å². The number of carboxylic acid groups (broad SMARTS) is 1. The fourth-order valence-electron chi connectivity index (χ4n) is 1.08. The van der Waals surface area contributed by atoms with Crippen LogP contribution in [0.3, 0.4) is 0 Å². The maximum atomic E-state index is 11.5. The van der Waals surface area contributed by atoms with Gasteiger partial charge in [-0.2, -0.15) is 0 Å². The van der Waals surface area contributed by atoms with Crippen molar-refractivity contribution in [1.82, 2.24) is 0 Å². The van der Waals surface area contributed by atoms with E-state index >= 15 is 0 Å². The molecule has 0 aliphatic heterocycles. The third-order valence-corrected chi connectivity index (χ3v) is 2.31. The van der Waals surface area contributed by atoms with Gasteiger partial charge in [0.15, 0.2) is 0 Å². The van der Waals surface area contributed by atoms with Crippen molar-refractivity contribution in [3.8, 4) is 0 Å². The lowest BCUT2D eigenvalue weighted by molar-refractivity contribution is -0.140. The molecule has 0 saturated carbocycles. The summed E-state index contributed by atoms with van der Waals surface area (Å²) in [5, 5.41) is 17.1. The van der Waals surface area contributed by atoms with E-state index in [-0.39, 0.29) is 32.0 Å². The molecule has 0 aliphatic rings. The van der Waals surface area contributed by atoms with E-state index in [0.717, 1.165) is 0 Å². The molecular formula is C14H22O7. The number of aliphatic hydroxyl groups excluding tert-OH is 1. The predicted molar refractivity (Wildman–Crippen MR) is 74.8 cm³/mol. The molecule has 0 rings (SSSR count). The molecule has 0 unspecified atom stereocenters. The summed E-state index contributed by atoms with van der Waals surface area (Å²) in [5.74, 6) is -1.56. The van der Waals surface area contributed by atoms with Crippen molar-refractivity contribution in [2.45, 2.75) is 13.8 Å². The van der Waals surface area contributed by atoms with Crippen LogP contribution in [0.1, 0.15) is 13.8 Å². The van der Waals surface area contributed by atoms with Crippen molar-refractivity contribution < 1.29 is 34.0 Å². The van der Waals surface area contributed by atoms with E-state index in [1.165, 1.54) is 26.0 Å². The highest BCUT2D eigenvalue weighted by atomic mass is 16.6. The molecule has 2 N–H and O–H groups in total. The minimum absolute atomic E-state index is 0.0287. The monoisotopic (exact) mass is 302 g/mol. The van der Waals surface area contributed by atoms with Crippen LogP contribution in [0.15, 0.2) is 23.3 Å². The minimum atomic E-state index is -1.04. The van der Waals surface area contributed by atoms with Gasteiger partial charge in [-0.1, -0.05) is 12.2 Å². The van der Waals surface area contributed by atoms with Gasteiger partial charge in [-0.15, -0.1) is 0 Å². The van der Waals surface area contributed by atoms with E-state index in [0.29, 0.717) is 18.8 Å². The molecule has 120 valence electrons. The highest BCUT2D eigenvalue weighted by Gasteiger charge is 2.05. The van der Waals surface area contributed by atoms with Crippen LogP contribution in [-0.2, 0) is 23.8 Å². The minimum Gasteiger partial charge on any atom is -0.478 e. The van der Waals surface area contributed by atoms with Gasteiger partial charge < -0.3 is 24.4 Å². The Morgan fingerprint density at radius 1 is 0.905 bits per heavy atom. The fourth-order valence-corrected chi connectivity index (χ4v) is 1.08. The highest BCUT2D eigenvalue weighted by Crippen LogP contribution is 2.00. The topological polar surface area (TPSA) is 102 Å². The molecule has 0 amide bonds. The zero-order valence-corrected chi connectivity index (χ0v) is 12.3. The normalized spacial score (nSPS) is 12.3. The molecule has 0 aromatic rings. The standard InChI is InChI=1S/C14H22O7/c1-11(13(16)17)3-4-12(2)14(18)21-10-9-20-8-7-19-6-5-15/h3-4,15H,5-10H2,1-2H3,(H,16,17). The number of esters is 1. The molecule has 7 nitrogen and oxygen atoms in total. The molecule has 0 atom stereocenters. The Kier molecular flexibility index (Phi) is 11.1. The maximum absolute atomic E-state index is 11.5. The van der Waals surface area contributed by atoms with Gasteiger partial charge in [0.2, 0.25) is 0 Å². The van der Waals surface area contributed by atoms with Crippen LogP contribution in [0.4, 0.5) is 0 Å². The summed E-state index contributed by atoms with van der Waals surface area (Å²) < 4.78 is 15.1. The molecule has 0 aliphatic carbocycles. The van der Waals surface area contributed by atoms with E-state index in [1.807, 2.05) is 0 Å². The van der Waals surface area contributed by atoms with Gasteiger partial charge in [-0.3, -0.25) is 0 Å². The van der Waals surface area contributed by atoms with Gasteiger partial charge in [0, 0.05) is 11.1 Å². The third kappa shape index (κ3) is 10.7. The lowest BCUT2D eigenvalue weighted by atomic mass is 10.2. The van der Waals surface area contributed by atoms with Gasteiger partial charge in [0.1, 0.15) is 6.61 Å². The molecule has 0 aromatic heterocycles. The van der Waals surface area contributed by atoms with E-state index in [1.54, 1.807) is 0 Å². The Morgan fingerprint density at radius 3 is 2.00 bits per heavy atom. The second-order valence-corrected chi connectivity index (χ2v) is 4.09. The van der Waals surface area contributed by atoms with Gasteiger partial charge in [0.25, 0.3) is 0 Å². The van der Waals surface area contributed by atoms with Gasteiger partial charge in [-0.05, 0) is 13.8 Å². The van der Waals surface area contributed by atoms with Crippen molar-refractivity contribution >= 4 is 11.9 Å². The number of ether oxygens (including phenoxy) is 3. The van der Waals surface area contributed by atoms with Crippen LogP contribution in [0.5, 0.6) is 0 Å². The van der Waals surface area contributed by atoms with Gasteiger partial charge in [0.05, 0.1) is 33.0 Å². The molecular weight excluding hydrogens is 280 g/mol. The number of allylic oxidation sites excluding steroid dienone is 2. The summed E-state index contributed by atoms with van der Waals surface area (Å²) in [6, 6.07) is 0. The Hall–Kier alpha value is -1.70. The van der Waals surface area contributed by atoms with Crippen LogP contribution in [-0.4, -0.2) is 61.8 Å². The van der Waals surface area contributed by atoms with E-state index in [9.17, 15) is 9.59 Å². The second kappa shape index (κ2) is 12.1. The highest BCUT2D eigenvalue weighted by molar-refractivity contribution is 5.89. The van der Waals surface area contributed by atoms with E-state index in [4.69, 9.17) is 24.4 Å². The zero-order chi connectivity index (χ0) is 16.1. The van der Waals surface area contributed by atoms with Crippen molar-refractivity contribution in [3.05, 3.63) is 23.3 Å². The summed E-state index contributed by atoms with van der Waals surface area (Å²) in [4.78, 5) is 22.1. The van der Waals surface area contributed by atoms with Crippen molar-refractivity contribution in [1.29, 1.82) is 0 Å². The van der Waals surface area contributed by atoms with Crippen LogP contribution < -0.4 is 0 Å². The first kappa shape index (κ1) is 19.3. The van der Waals surface area contributed by atoms with Crippen molar-refractivity contribution in [3.63, 3.8) is 0 Å². The molecule has 0 aromatic carbocycles. The number of aliphatic hydroxyl groups is 1. The number of hydrogen-bond acceptors (Lipinski definition) is 6. The second-order valence-electron chi connectivity index (χ2n) is 4.09. The number of carboxylic acids is 1. The number of aliphatic carboxylic acids is 1. The smallest absolute Gasteiger partial charge is 0.333 e. The first-order chi connectivity index (χ1) is 9.99. The summed E-state index contributed by atoms with van der Waals surface area (Å²) in [6.45, 7) is 4.28. The quantitative estimate of drug-likeness (QED) is 0.248. The molecule has 0 heterocycles. The first-order valence-corrected chi connectivity index (χ1v) is 6.51. The van der Waals surface area contributed by atoms with Gasteiger partial charge in [-0.25, -0.2) is 9.59 Å². The first-order valence-electron chi connectivity index (χ1n) is 6.51. The molecule has 0 spiro atoms. The summed E-state index contributed by atoms with van der Waals surface area (Å²) >= 11 is 0. The van der Waals surface area contributed by atoms with Crippen molar-refractivity contribution in [2.75, 3.05) is 39.6 Å². The molecule has 21 heavy (non-hydrogen) atoms.